The van der Waals surface area contributed by atoms with Crippen molar-refractivity contribution in [1.82, 2.24) is 0 Å². The van der Waals surface area contributed by atoms with E-state index >= 15 is 0 Å². The van der Waals surface area contributed by atoms with Crippen molar-refractivity contribution in [2.24, 2.45) is 22.7 Å². The third-order valence-electron chi connectivity index (χ3n) is 4.78. The van der Waals surface area contributed by atoms with E-state index in [1.54, 1.807) is 0 Å². The number of halogens is 2. The summed E-state index contributed by atoms with van der Waals surface area (Å²) in [6.07, 6.45) is 0. The molecule has 0 radical (unpaired) electrons. The average molecular weight is 384 g/mol. The molecule has 0 aromatic rings. The molecule has 0 aromatic carbocycles. The SMILES string of the molecule is CC(C)C(C)(C)C(Br)C(=O)C(Br)C(C)(C)C(C)C. The van der Waals surface area contributed by atoms with Gasteiger partial charge in [0.15, 0.2) is 5.78 Å². The molecule has 108 valence electrons. The van der Waals surface area contributed by atoms with Crippen LogP contribution in [-0.2, 0) is 4.79 Å². The quantitative estimate of drug-likeness (QED) is 0.557. The van der Waals surface area contributed by atoms with Gasteiger partial charge in [0.2, 0.25) is 0 Å². The molecule has 18 heavy (non-hydrogen) atoms. The van der Waals surface area contributed by atoms with Crippen LogP contribution in [0, 0.1) is 22.7 Å². The lowest BCUT2D eigenvalue weighted by atomic mass is 9.72. The minimum absolute atomic E-state index is 0.0455. The molecule has 2 unspecified atom stereocenters. The Kier molecular flexibility index (Phi) is 6.61. The molecule has 0 fully saturated rings. The van der Waals surface area contributed by atoms with Crippen LogP contribution < -0.4 is 0 Å². The molecule has 0 amide bonds. The normalized spacial score (nSPS) is 17.1. The molecular weight excluding hydrogens is 356 g/mol. The first-order valence-electron chi connectivity index (χ1n) is 6.68. The smallest absolute Gasteiger partial charge is 0.161 e. The Morgan fingerprint density at radius 2 is 1.00 bits per heavy atom. The van der Waals surface area contributed by atoms with Crippen LogP contribution in [0.5, 0.6) is 0 Å². The Labute approximate surface area is 130 Å². The second kappa shape index (κ2) is 6.39. The summed E-state index contributed by atoms with van der Waals surface area (Å²) in [5, 5.41) is 0. The summed E-state index contributed by atoms with van der Waals surface area (Å²) in [5.74, 6) is 1.16. The van der Waals surface area contributed by atoms with Crippen molar-refractivity contribution < 1.29 is 4.79 Å². The number of carbonyl (C=O) groups excluding carboxylic acids is 1. The van der Waals surface area contributed by atoms with Crippen molar-refractivity contribution in [3.05, 3.63) is 0 Å². The largest absolute Gasteiger partial charge is 0.297 e. The van der Waals surface area contributed by atoms with Crippen molar-refractivity contribution in [1.29, 1.82) is 0 Å². The van der Waals surface area contributed by atoms with E-state index in [9.17, 15) is 4.79 Å². The minimum atomic E-state index is -0.118. The first-order valence-corrected chi connectivity index (χ1v) is 8.51. The highest BCUT2D eigenvalue weighted by Crippen LogP contribution is 2.42. The van der Waals surface area contributed by atoms with Crippen molar-refractivity contribution in [3.8, 4) is 0 Å². The van der Waals surface area contributed by atoms with E-state index < -0.39 is 0 Å². The lowest BCUT2D eigenvalue weighted by molar-refractivity contribution is -0.122. The Morgan fingerprint density at radius 3 is 1.17 bits per heavy atom. The zero-order chi connectivity index (χ0) is 14.9. The van der Waals surface area contributed by atoms with Gasteiger partial charge >= 0.3 is 0 Å². The minimum Gasteiger partial charge on any atom is -0.297 e. The van der Waals surface area contributed by atoms with E-state index in [4.69, 9.17) is 0 Å². The summed E-state index contributed by atoms with van der Waals surface area (Å²) >= 11 is 7.26. The third kappa shape index (κ3) is 3.82. The first-order chi connectivity index (χ1) is 7.86. The van der Waals surface area contributed by atoms with Crippen molar-refractivity contribution in [2.75, 3.05) is 0 Å². The van der Waals surface area contributed by atoms with Crippen LogP contribution in [0.4, 0.5) is 0 Å². The molecule has 0 aromatic heterocycles. The number of hydrogen-bond donors (Lipinski definition) is 0. The van der Waals surface area contributed by atoms with Gasteiger partial charge in [-0.05, 0) is 22.7 Å². The lowest BCUT2D eigenvalue weighted by Crippen LogP contribution is -2.45. The average Bonchev–Trinajstić information content (AvgIpc) is 2.25. The van der Waals surface area contributed by atoms with Gasteiger partial charge in [-0.2, -0.15) is 0 Å². The molecule has 0 heterocycles. The van der Waals surface area contributed by atoms with Crippen LogP contribution in [0.25, 0.3) is 0 Å². The molecule has 0 aliphatic heterocycles. The van der Waals surface area contributed by atoms with Gasteiger partial charge in [-0.25, -0.2) is 0 Å². The third-order valence-corrected chi connectivity index (χ3v) is 8.04. The Balaban J connectivity index is 5.08. The summed E-state index contributed by atoms with van der Waals surface area (Å²) in [4.78, 5) is 12.4. The van der Waals surface area contributed by atoms with Crippen LogP contribution in [0.3, 0.4) is 0 Å². The fourth-order valence-electron chi connectivity index (χ4n) is 1.45. The van der Waals surface area contributed by atoms with Gasteiger partial charge < -0.3 is 0 Å². The van der Waals surface area contributed by atoms with Crippen LogP contribution in [0.2, 0.25) is 0 Å². The summed E-state index contributed by atoms with van der Waals surface area (Å²) in [6, 6.07) is 0. The first kappa shape index (κ1) is 18.6. The Morgan fingerprint density at radius 1 is 0.778 bits per heavy atom. The standard InChI is InChI=1S/C15H28Br2O/c1-9(2)14(5,6)12(16)11(18)13(17)15(7,8)10(3)4/h9-10,12-13H,1-8H3. The number of rotatable bonds is 6. The molecule has 0 saturated heterocycles. The van der Waals surface area contributed by atoms with Gasteiger partial charge in [0.05, 0.1) is 9.65 Å². The molecule has 0 aliphatic carbocycles. The Bertz CT molecular complexity index is 265. The van der Waals surface area contributed by atoms with Crippen LogP contribution >= 0.6 is 31.9 Å². The zero-order valence-corrected chi connectivity index (χ0v) is 16.1. The molecule has 0 spiro atoms. The molecular formula is C15H28Br2O. The van der Waals surface area contributed by atoms with Crippen LogP contribution in [0.15, 0.2) is 0 Å². The summed E-state index contributed by atoms with van der Waals surface area (Å²) in [6.45, 7) is 17.3. The maximum atomic E-state index is 12.7. The van der Waals surface area contributed by atoms with Gasteiger partial charge in [-0.3, -0.25) is 4.79 Å². The van der Waals surface area contributed by atoms with E-state index in [2.05, 4.69) is 87.2 Å². The molecule has 1 nitrogen and oxygen atoms in total. The molecule has 3 heteroatoms. The second-order valence-electron chi connectivity index (χ2n) is 7.08. The Hall–Kier alpha value is 0.630. The van der Waals surface area contributed by atoms with E-state index in [-0.39, 0.29) is 26.3 Å². The highest BCUT2D eigenvalue weighted by molar-refractivity contribution is 9.10. The fraction of sp³-hybridized carbons (Fsp3) is 0.933. The molecule has 0 rings (SSSR count). The molecule has 0 bridgehead atoms. The van der Waals surface area contributed by atoms with Gasteiger partial charge in [-0.15, -0.1) is 0 Å². The lowest BCUT2D eigenvalue weighted by Gasteiger charge is -2.39. The van der Waals surface area contributed by atoms with Gasteiger partial charge in [0, 0.05) is 0 Å². The van der Waals surface area contributed by atoms with Crippen LogP contribution in [-0.4, -0.2) is 15.4 Å². The maximum absolute atomic E-state index is 12.7. The zero-order valence-electron chi connectivity index (χ0n) is 13.0. The van der Waals surface area contributed by atoms with Crippen molar-refractivity contribution in [3.63, 3.8) is 0 Å². The van der Waals surface area contributed by atoms with E-state index in [0.717, 1.165) is 0 Å². The van der Waals surface area contributed by atoms with E-state index in [1.165, 1.54) is 0 Å². The predicted octanol–water partition coefficient (Wildman–Crippen LogP) is 5.45. The maximum Gasteiger partial charge on any atom is 0.161 e. The van der Waals surface area contributed by atoms with Crippen molar-refractivity contribution in [2.45, 2.75) is 65.0 Å². The number of alkyl halides is 2. The highest BCUT2D eigenvalue weighted by Gasteiger charge is 2.43. The summed E-state index contributed by atoms with van der Waals surface area (Å²) < 4.78 is 0. The topological polar surface area (TPSA) is 17.1 Å². The number of Topliss-reactive ketones (excluding diaryl/α,β-unsaturated/α-hetero) is 1. The molecule has 0 N–H and O–H groups in total. The van der Waals surface area contributed by atoms with Gasteiger partial charge in [-0.1, -0.05) is 87.2 Å². The number of carbonyl (C=O) groups is 1. The van der Waals surface area contributed by atoms with Gasteiger partial charge in [0.1, 0.15) is 0 Å². The summed E-state index contributed by atoms with van der Waals surface area (Å²) in [5.41, 5.74) is -0.0909. The van der Waals surface area contributed by atoms with E-state index in [1.807, 2.05) is 0 Å². The van der Waals surface area contributed by atoms with Crippen molar-refractivity contribution >= 4 is 37.6 Å². The number of ketones is 1. The number of hydrogen-bond acceptors (Lipinski definition) is 1. The fourth-order valence-corrected chi connectivity index (χ4v) is 3.39. The molecule has 0 saturated carbocycles. The van der Waals surface area contributed by atoms with Crippen LogP contribution in [0.1, 0.15) is 55.4 Å². The highest BCUT2D eigenvalue weighted by atomic mass is 79.9. The predicted molar refractivity (Wildman–Crippen MR) is 87.7 cm³/mol. The molecule has 0 aliphatic rings. The van der Waals surface area contributed by atoms with E-state index in [0.29, 0.717) is 11.8 Å². The van der Waals surface area contributed by atoms with Gasteiger partial charge in [0.25, 0.3) is 0 Å². The monoisotopic (exact) mass is 382 g/mol. The summed E-state index contributed by atoms with van der Waals surface area (Å²) in [7, 11) is 0. The molecule has 2 atom stereocenters. The second-order valence-corrected chi connectivity index (χ2v) is 8.91.